The summed E-state index contributed by atoms with van der Waals surface area (Å²) in [5.74, 6) is -1.14. The van der Waals surface area contributed by atoms with Crippen LogP contribution >= 0.6 is 0 Å². The molecule has 1 aromatic rings. The highest BCUT2D eigenvalue weighted by Gasteiger charge is 2.74. The van der Waals surface area contributed by atoms with Crippen LogP contribution in [0.1, 0.15) is 11.5 Å². The van der Waals surface area contributed by atoms with Gasteiger partial charge in [-0.25, -0.2) is 8.42 Å². The van der Waals surface area contributed by atoms with Crippen molar-refractivity contribution in [3.05, 3.63) is 23.8 Å². The fourth-order valence-electron chi connectivity index (χ4n) is 3.12. The Labute approximate surface area is 121 Å². The molecule has 0 unspecified atom stereocenters. The van der Waals surface area contributed by atoms with Gasteiger partial charge in [0, 0.05) is 12.2 Å². The molecule has 1 heterocycles. The van der Waals surface area contributed by atoms with Gasteiger partial charge >= 0.3 is 5.97 Å². The number of fused-ring (bicyclic) bond motifs is 1. The molecule has 2 N–H and O–H groups in total. The van der Waals surface area contributed by atoms with Crippen LogP contribution in [0.5, 0.6) is 11.5 Å². The minimum atomic E-state index is -3.62. The van der Waals surface area contributed by atoms with Gasteiger partial charge in [-0.1, -0.05) is 6.07 Å². The van der Waals surface area contributed by atoms with Crippen LogP contribution in [0.25, 0.3) is 0 Å². The molecule has 3 atom stereocenters. The van der Waals surface area contributed by atoms with Crippen LogP contribution in [0, 0.1) is 5.41 Å². The molecular formula is C13H14O7S. The number of benzene rings is 1. The molecule has 3 rings (SSSR count). The normalized spacial score (nSPS) is 30.2. The van der Waals surface area contributed by atoms with Gasteiger partial charge in [0.1, 0.15) is 5.41 Å². The van der Waals surface area contributed by atoms with Crippen molar-refractivity contribution in [2.24, 2.45) is 5.41 Å². The number of aliphatic hydroxyl groups is 1. The van der Waals surface area contributed by atoms with Crippen molar-refractivity contribution in [1.82, 2.24) is 0 Å². The molecule has 1 fully saturated rings. The number of carboxylic acid groups (broad SMARTS) is 1. The van der Waals surface area contributed by atoms with E-state index in [-0.39, 0.29) is 6.79 Å². The zero-order chi connectivity index (χ0) is 15.4. The Kier molecular flexibility index (Phi) is 2.93. The van der Waals surface area contributed by atoms with E-state index in [4.69, 9.17) is 9.47 Å². The molecule has 114 valence electrons. The molecular weight excluding hydrogens is 300 g/mol. The number of sulfone groups is 1. The van der Waals surface area contributed by atoms with E-state index in [0.717, 1.165) is 6.26 Å². The van der Waals surface area contributed by atoms with Gasteiger partial charge in [-0.05, 0) is 17.7 Å². The topological polar surface area (TPSA) is 110 Å². The maximum atomic E-state index is 11.9. The van der Waals surface area contributed by atoms with Crippen LogP contribution in [0.4, 0.5) is 0 Å². The van der Waals surface area contributed by atoms with Crippen molar-refractivity contribution in [2.75, 3.05) is 19.7 Å². The molecule has 0 amide bonds. The smallest absolute Gasteiger partial charge is 0.314 e. The molecule has 0 bridgehead atoms. The molecule has 1 aromatic carbocycles. The van der Waals surface area contributed by atoms with Crippen molar-refractivity contribution < 1.29 is 32.9 Å². The maximum absolute atomic E-state index is 11.9. The van der Waals surface area contributed by atoms with E-state index >= 15 is 0 Å². The van der Waals surface area contributed by atoms with Gasteiger partial charge in [-0.3, -0.25) is 4.79 Å². The molecule has 1 aliphatic carbocycles. The number of carbonyl (C=O) groups is 1. The summed E-state index contributed by atoms with van der Waals surface area (Å²) in [4.78, 5) is 11.5. The Bertz CT molecular complexity index is 711. The fourth-order valence-corrected chi connectivity index (χ4v) is 5.03. The number of ether oxygens (including phenoxy) is 2. The number of aliphatic hydroxyl groups excluding tert-OH is 1. The first-order valence-corrected chi connectivity index (χ1v) is 8.20. The number of carboxylic acids is 1. The molecule has 7 nitrogen and oxygen atoms in total. The van der Waals surface area contributed by atoms with Gasteiger partial charge in [0.05, 0.1) is 11.9 Å². The third-order valence-electron chi connectivity index (χ3n) is 4.13. The summed E-state index contributed by atoms with van der Waals surface area (Å²) in [6.07, 6.45) is 0.984. The van der Waals surface area contributed by atoms with Crippen LogP contribution in [-0.2, 0) is 14.6 Å². The Morgan fingerprint density at radius 1 is 1.38 bits per heavy atom. The monoisotopic (exact) mass is 314 g/mol. The van der Waals surface area contributed by atoms with E-state index in [9.17, 15) is 23.4 Å². The summed E-state index contributed by atoms with van der Waals surface area (Å²) < 4.78 is 34.1. The lowest BCUT2D eigenvalue weighted by Crippen LogP contribution is -2.27. The van der Waals surface area contributed by atoms with Crippen LogP contribution in [-0.4, -0.2) is 49.5 Å². The standard InChI is InChI=1S/C13H14O7S/c1-21(17,18)11-10(13(11,5-14)12(15)16)7-2-3-8-9(4-7)20-6-19-8/h2-4,10-11,14H,5-6H2,1H3,(H,15,16)/t10-,11+,13-/m1/s1. The highest BCUT2D eigenvalue weighted by Crippen LogP contribution is 2.63. The summed E-state index contributed by atoms with van der Waals surface area (Å²) in [5.41, 5.74) is -1.19. The Balaban J connectivity index is 2.06. The molecule has 21 heavy (non-hydrogen) atoms. The zero-order valence-electron chi connectivity index (χ0n) is 11.1. The number of aliphatic carboxylic acids is 1. The average Bonchev–Trinajstić information content (AvgIpc) is 2.92. The Hall–Kier alpha value is -1.80. The van der Waals surface area contributed by atoms with E-state index in [1.54, 1.807) is 18.2 Å². The van der Waals surface area contributed by atoms with Crippen molar-refractivity contribution in [1.29, 1.82) is 0 Å². The van der Waals surface area contributed by atoms with E-state index in [1.807, 2.05) is 0 Å². The molecule has 8 heteroatoms. The molecule has 2 aliphatic rings. The maximum Gasteiger partial charge on any atom is 0.314 e. The summed E-state index contributed by atoms with van der Waals surface area (Å²) >= 11 is 0. The predicted molar refractivity (Wildman–Crippen MR) is 71.1 cm³/mol. The van der Waals surface area contributed by atoms with E-state index < -0.39 is 39.0 Å². The van der Waals surface area contributed by atoms with Crippen LogP contribution in [0.15, 0.2) is 18.2 Å². The molecule has 0 saturated heterocycles. The van der Waals surface area contributed by atoms with Crippen molar-refractivity contribution in [3.8, 4) is 11.5 Å². The van der Waals surface area contributed by atoms with Crippen LogP contribution in [0.3, 0.4) is 0 Å². The van der Waals surface area contributed by atoms with Gasteiger partial charge in [0.15, 0.2) is 21.3 Å². The largest absolute Gasteiger partial charge is 0.481 e. The minimum absolute atomic E-state index is 0.0725. The number of hydrogen-bond acceptors (Lipinski definition) is 6. The average molecular weight is 314 g/mol. The first kappa shape index (κ1) is 14.2. The summed E-state index contributed by atoms with van der Waals surface area (Å²) in [6, 6.07) is 4.79. The first-order chi connectivity index (χ1) is 9.82. The van der Waals surface area contributed by atoms with Gasteiger partial charge in [-0.2, -0.15) is 0 Å². The van der Waals surface area contributed by atoms with Crippen molar-refractivity contribution in [2.45, 2.75) is 11.2 Å². The Morgan fingerprint density at radius 3 is 2.57 bits per heavy atom. The van der Waals surface area contributed by atoms with E-state index in [0.29, 0.717) is 17.1 Å². The van der Waals surface area contributed by atoms with Gasteiger partial charge in [-0.15, -0.1) is 0 Å². The highest BCUT2D eigenvalue weighted by molar-refractivity contribution is 7.91. The molecule has 1 saturated carbocycles. The molecule has 0 spiro atoms. The quantitative estimate of drug-likeness (QED) is 0.804. The lowest BCUT2D eigenvalue weighted by Gasteiger charge is -2.08. The summed E-state index contributed by atoms with van der Waals surface area (Å²) in [5, 5.41) is 17.7. The lowest BCUT2D eigenvalue weighted by atomic mass is 10.00. The molecule has 0 radical (unpaired) electrons. The predicted octanol–water partition coefficient (Wildman–Crippen LogP) is -0.0110. The summed E-state index contributed by atoms with van der Waals surface area (Å²) in [6.45, 7) is -0.664. The summed E-state index contributed by atoms with van der Waals surface area (Å²) in [7, 11) is -3.62. The van der Waals surface area contributed by atoms with Crippen molar-refractivity contribution in [3.63, 3.8) is 0 Å². The lowest BCUT2D eigenvalue weighted by molar-refractivity contribution is -0.145. The number of hydrogen-bond donors (Lipinski definition) is 2. The van der Waals surface area contributed by atoms with Gasteiger partial charge < -0.3 is 19.7 Å². The van der Waals surface area contributed by atoms with Crippen LogP contribution in [0.2, 0.25) is 0 Å². The molecule has 0 aromatic heterocycles. The zero-order valence-corrected chi connectivity index (χ0v) is 12.0. The van der Waals surface area contributed by atoms with E-state index in [2.05, 4.69) is 0 Å². The Morgan fingerprint density at radius 2 is 2.05 bits per heavy atom. The fraction of sp³-hybridized carbons (Fsp3) is 0.462. The van der Waals surface area contributed by atoms with E-state index in [1.165, 1.54) is 0 Å². The SMILES string of the molecule is CS(=O)(=O)[C@H]1[C@@H](c2ccc3c(c2)OCO3)[C@@]1(CO)C(=O)O. The third kappa shape index (κ3) is 1.90. The van der Waals surface area contributed by atoms with Crippen molar-refractivity contribution >= 4 is 15.8 Å². The number of rotatable bonds is 4. The second kappa shape index (κ2) is 4.35. The van der Waals surface area contributed by atoms with Gasteiger partial charge in [0.2, 0.25) is 6.79 Å². The molecule has 1 aliphatic heterocycles. The first-order valence-electron chi connectivity index (χ1n) is 6.25. The second-order valence-corrected chi connectivity index (χ2v) is 7.51. The minimum Gasteiger partial charge on any atom is -0.481 e. The third-order valence-corrected chi connectivity index (χ3v) is 5.75. The van der Waals surface area contributed by atoms with Gasteiger partial charge in [0.25, 0.3) is 0 Å². The second-order valence-electron chi connectivity index (χ2n) is 5.34. The van der Waals surface area contributed by atoms with Crippen LogP contribution < -0.4 is 9.47 Å². The highest BCUT2D eigenvalue weighted by atomic mass is 32.2.